The fourth-order valence-electron chi connectivity index (χ4n) is 3.26. The van der Waals surface area contributed by atoms with Crippen molar-refractivity contribution in [3.05, 3.63) is 76.9 Å². The zero-order valence-corrected chi connectivity index (χ0v) is 15.9. The second-order valence-corrected chi connectivity index (χ2v) is 8.81. The van der Waals surface area contributed by atoms with Crippen LogP contribution in [0.5, 0.6) is 0 Å². The van der Waals surface area contributed by atoms with Crippen LogP contribution >= 0.6 is 0 Å². The largest absolute Gasteiger partial charge is 0.321 e. The molecule has 0 atom stereocenters. The Hall–Kier alpha value is -3.51. The van der Waals surface area contributed by atoms with E-state index in [0.29, 0.717) is 16.9 Å². The van der Waals surface area contributed by atoms with Crippen molar-refractivity contribution in [1.82, 2.24) is 9.78 Å². The van der Waals surface area contributed by atoms with Crippen LogP contribution in [0.15, 0.2) is 48.5 Å². The highest BCUT2D eigenvalue weighted by molar-refractivity contribution is 7.90. The number of carbonyl (C=O) groups is 1. The summed E-state index contributed by atoms with van der Waals surface area (Å²) < 4.78 is 39.9. The van der Waals surface area contributed by atoms with Crippen LogP contribution in [-0.2, 0) is 22.0 Å². The summed E-state index contributed by atoms with van der Waals surface area (Å²) in [7, 11) is -3.38. The van der Waals surface area contributed by atoms with E-state index in [-0.39, 0.29) is 34.9 Å². The molecule has 0 saturated heterocycles. The number of fused-ring (bicyclic) bond motifs is 1. The third-order valence-electron chi connectivity index (χ3n) is 4.67. The molecule has 4 rings (SSSR count). The van der Waals surface area contributed by atoms with E-state index >= 15 is 0 Å². The van der Waals surface area contributed by atoms with Gasteiger partial charge in [0.05, 0.1) is 28.8 Å². The summed E-state index contributed by atoms with van der Waals surface area (Å²) >= 11 is 0. The van der Waals surface area contributed by atoms with Crippen LogP contribution in [0.4, 0.5) is 10.1 Å². The van der Waals surface area contributed by atoms with E-state index < -0.39 is 21.6 Å². The summed E-state index contributed by atoms with van der Waals surface area (Å²) in [5.74, 6) is -1.53. The standard InChI is InChI=1S/C20H15FN4O3S/c21-16-3-1-2-4-18(16)25-17-9-10-29(27,28)12-15(17)19(24-25)20(26)23-14-7-5-13(11-22)6-8-14/h1-8H,9-10,12H2,(H,23,26). The van der Waals surface area contributed by atoms with Gasteiger partial charge in [-0.1, -0.05) is 12.1 Å². The minimum atomic E-state index is -3.38. The van der Waals surface area contributed by atoms with Gasteiger partial charge < -0.3 is 5.32 Å². The number of aromatic nitrogens is 2. The van der Waals surface area contributed by atoms with Gasteiger partial charge in [-0.05, 0) is 36.4 Å². The first-order chi connectivity index (χ1) is 13.9. The molecule has 3 aromatic rings. The first-order valence-corrected chi connectivity index (χ1v) is 10.6. The number of anilines is 1. The lowest BCUT2D eigenvalue weighted by atomic mass is 10.1. The van der Waals surface area contributed by atoms with Gasteiger partial charge in [0.15, 0.2) is 15.5 Å². The van der Waals surface area contributed by atoms with Gasteiger partial charge in [-0.2, -0.15) is 10.4 Å². The monoisotopic (exact) mass is 410 g/mol. The smallest absolute Gasteiger partial charge is 0.276 e. The molecular weight excluding hydrogens is 395 g/mol. The summed E-state index contributed by atoms with van der Waals surface area (Å²) in [6, 6.07) is 14.2. The average molecular weight is 410 g/mol. The van der Waals surface area contributed by atoms with Crippen molar-refractivity contribution in [3.8, 4) is 11.8 Å². The van der Waals surface area contributed by atoms with Crippen molar-refractivity contribution in [2.24, 2.45) is 0 Å². The Morgan fingerprint density at radius 3 is 2.59 bits per heavy atom. The molecule has 29 heavy (non-hydrogen) atoms. The second-order valence-electron chi connectivity index (χ2n) is 6.62. The van der Waals surface area contributed by atoms with Crippen molar-refractivity contribution in [1.29, 1.82) is 5.26 Å². The third kappa shape index (κ3) is 3.62. The number of nitrogens with one attached hydrogen (secondary N) is 1. The summed E-state index contributed by atoms with van der Waals surface area (Å²) in [4.78, 5) is 12.8. The van der Waals surface area contributed by atoms with Crippen LogP contribution in [0, 0.1) is 17.1 Å². The number of para-hydroxylation sites is 1. The molecule has 146 valence electrons. The molecule has 1 N–H and O–H groups in total. The van der Waals surface area contributed by atoms with E-state index in [1.54, 1.807) is 30.3 Å². The summed E-state index contributed by atoms with van der Waals surface area (Å²) in [6.45, 7) is 0. The molecule has 1 aromatic heterocycles. The van der Waals surface area contributed by atoms with E-state index in [1.807, 2.05) is 6.07 Å². The fraction of sp³-hybridized carbons (Fsp3) is 0.150. The Morgan fingerprint density at radius 2 is 1.90 bits per heavy atom. The fourth-order valence-corrected chi connectivity index (χ4v) is 4.65. The molecule has 0 spiro atoms. The van der Waals surface area contributed by atoms with Crippen LogP contribution in [0.2, 0.25) is 0 Å². The molecule has 1 aliphatic heterocycles. The van der Waals surface area contributed by atoms with E-state index in [2.05, 4.69) is 10.4 Å². The SMILES string of the molecule is N#Cc1ccc(NC(=O)c2nn(-c3ccccc3F)c3c2CS(=O)(=O)CC3)cc1. The van der Waals surface area contributed by atoms with E-state index in [1.165, 1.54) is 22.9 Å². The van der Waals surface area contributed by atoms with Gasteiger partial charge in [-0.25, -0.2) is 17.5 Å². The van der Waals surface area contributed by atoms with E-state index in [0.717, 1.165) is 0 Å². The number of halogens is 1. The van der Waals surface area contributed by atoms with Gasteiger partial charge in [0.2, 0.25) is 0 Å². The minimum Gasteiger partial charge on any atom is -0.321 e. The predicted molar refractivity (Wildman–Crippen MR) is 104 cm³/mol. The average Bonchev–Trinajstić information content (AvgIpc) is 3.06. The Bertz CT molecular complexity index is 1260. The molecule has 0 unspecified atom stereocenters. The lowest BCUT2D eigenvalue weighted by Crippen LogP contribution is -2.22. The van der Waals surface area contributed by atoms with Crippen molar-refractivity contribution in [2.45, 2.75) is 12.2 Å². The number of nitriles is 1. The molecular formula is C20H15FN4O3S. The number of amides is 1. The van der Waals surface area contributed by atoms with Crippen molar-refractivity contribution < 1.29 is 17.6 Å². The van der Waals surface area contributed by atoms with Gasteiger partial charge >= 0.3 is 0 Å². The highest BCUT2D eigenvalue weighted by Crippen LogP contribution is 2.28. The summed E-state index contributed by atoms with van der Waals surface area (Å²) in [5, 5.41) is 15.8. The van der Waals surface area contributed by atoms with Crippen molar-refractivity contribution >= 4 is 21.4 Å². The summed E-state index contributed by atoms with van der Waals surface area (Å²) in [5.41, 5.74) is 1.76. The third-order valence-corrected chi connectivity index (χ3v) is 6.23. The topological polar surface area (TPSA) is 105 Å². The van der Waals surface area contributed by atoms with Gasteiger partial charge in [0.25, 0.3) is 5.91 Å². The molecule has 2 heterocycles. The molecule has 0 fully saturated rings. The van der Waals surface area contributed by atoms with E-state index in [4.69, 9.17) is 5.26 Å². The van der Waals surface area contributed by atoms with Crippen LogP contribution in [0.3, 0.4) is 0 Å². The second kappa shape index (κ2) is 7.14. The first kappa shape index (κ1) is 18.8. The lowest BCUT2D eigenvalue weighted by molar-refractivity contribution is 0.102. The molecule has 0 aliphatic carbocycles. The molecule has 1 amide bonds. The maximum atomic E-state index is 14.3. The number of sulfone groups is 1. The Morgan fingerprint density at radius 1 is 1.17 bits per heavy atom. The highest BCUT2D eigenvalue weighted by atomic mass is 32.2. The number of hydrogen-bond acceptors (Lipinski definition) is 5. The van der Waals surface area contributed by atoms with Crippen LogP contribution in [0.25, 0.3) is 5.69 Å². The Balaban J connectivity index is 1.77. The molecule has 0 saturated carbocycles. The predicted octanol–water partition coefficient (Wildman–Crippen LogP) is 2.61. The Labute approximate surface area is 166 Å². The molecule has 7 nitrogen and oxygen atoms in total. The van der Waals surface area contributed by atoms with E-state index in [9.17, 15) is 17.6 Å². The van der Waals surface area contributed by atoms with Gasteiger partial charge in [-0.3, -0.25) is 4.79 Å². The van der Waals surface area contributed by atoms with Crippen LogP contribution < -0.4 is 5.32 Å². The first-order valence-electron chi connectivity index (χ1n) is 8.75. The highest BCUT2D eigenvalue weighted by Gasteiger charge is 2.32. The Kier molecular flexibility index (Phi) is 4.64. The molecule has 0 radical (unpaired) electrons. The zero-order valence-electron chi connectivity index (χ0n) is 15.1. The quantitative estimate of drug-likeness (QED) is 0.715. The van der Waals surface area contributed by atoms with Crippen LogP contribution in [0.1, 0.15) is 27.3 Å². The number of hydrogen-bond donors (Lipinski definition) is 1. The summed E-state index contributed by atoms with van der Waals surface area (Å²) in [6.07, 6.45) is 0.142. The molecule has 1 aliphatic rings. The maximum absolute atomic E-state index is 14.3. The number of benzene rings is 2. The van der Waals surface area contributed by atoms with Crippen molar-refractivity contribution in [2.75, 3.05) is 11.1 Å². The molecule has 0 bridgehead atoms. The zero-order chi connectivity index (χ0) is 20.6. The van der Waals surface area contributed by atoms with Crippen LogP contribution in [-0.4, -0.2) is 29.9 Å². The van der Waals surface area contributed by atoms with Gasteiger partial charge in [-0.15, -0.1) is 0 Å². The van der Waals surface area contributed by atoms with Gasteiger partial charge in [0, 0.05) is 17.7 Å². The normalized spacial score (nSPS) is 14.6. The van der Waals surface area contributed by atoms with Gasteiger partial charge in [0.1, 0.15) is 11.5 Å². The number of nitrogens with zero attached hydrogens (tertiary/aromatic N) is 3. The maximum Gasteiger partial charge on any atom is 0.276 e. The number of carbonyl (C=O) groups excluding carboxylic acids is 1. The molecule has 2 aromatic carbocycles. The molecule has 9 heteroatoms. The van der Waals surface area contributed by atoms with Crippen molar-refractivity contribution in [3.63, 3.8) is 0 Å². The number of rotatable bonds is 3. The lowest BCUT2D eigenvalue weighted by Gasteiger charge is -2.15. The minimum absolute atomic E-state index is 0.0594.